The number of benzene rings is 1. The average molecular weight is 301 g/mol. The molecule has 17 heavy (non-hydrogen) atoms. The third-order valence-corrected chi connectivity index (χ3v) is 3.53. The zero-order valence-corrected chi connectivity index (χ0v) is 11.8. The van der Waals surface area contributed by atoms with Gasteiger partial charge in [-0.2, -0.15) is 0 Å². The van der Waals surface area contributed by atoms with Crippen LogP contribution in [0.3, 0.4) is 0 Å². The molecule has 0 heterocycles. The number of methoxy groups -OCH3 is 1. The summed E-state index contributed by atoms with van der Waals surface area (Å²) in [5.41, 5.74) is 6.88. The third-order valence-electron chi connectivity index (χ3n) is 2.65. The van der Waals surface area contributed by atoms with E-state index in [0.717, 1.165) is 0 Å². The van der Waals surface area contributed by atoms with Crippen molar-refractivity contribution in [3.05, 3.63) is 28.2 Å². The van der Waals surface area contributed by atoms with Crippen LogP contribution in [0.25, 0.3) is 0 Å². The molecule has 4 nitrogen and oxygen atoms in total. The molecule has 2 N–H and O–H groups in total. The van der Waals surface area contributed by atoms with Gasteiger partial charge in [-0.1, -0.05) is 6.07 Å². The minimum Gasteiger partial charge on any atom is -0.398 e. The molecule has 5 heteroatoms. The number of nitrogen functional groups attached to an aromatic ring is 1. The molecule has 94 valence electrons. The molecular formula is C12H17BrN2O2. The number of rotatable bonds is 4. The monoisotopic (exact) mass is 300 g/mol. The van der Waals surface area contributed by atoms with Gasteiger partial charge in [-0.25, -0.2) is 0 Å². The Labute approximate surface area is 110 Å². The highest BCUT2D eigenvalue weighted by molar-refractivity contribution is 9.10. The second kappa shape index (κ2) is 6.02. The molecule has 1 unspecified atom stereocenters. The maximum absolute atomic E-state index is 12.2. The van der Waals surface area contributed by atoms with E-state index in [4.69, 9.17) is 10.5 Å². The largest absolute Gasteiger partial charge is 0.398 e. The lowest BCUT2D eigenvalue weighted by atomic mass is 10.1. The molecule has 1 rings (SSSR count). The van der Waals surface area contributed by atoms with Crippen LogP contribution in [0.2, 0.25) is 0 Å². The summed E-state index contributed by atoms with van der Waals surface area (Å²) in [5.74, 6) is -0.0753. The number of anilines is 1. The Morgan fingerprint density at radius 3 is 2.82 bits per heavy atom. The summed E-state index contributed by atoms with van der Waals surface area (Å²) in [7, 11) is 3.37. The molecule has 0 bridgehead atoms. The van der Waals surface area contributed by atoms with Gasteiger partial charge in [-0.15, -0.1) is 0 Å². The Morgan fingerprint density at radius 2 is 2.24 bits per heavy atom. The topological polar surface area (TPSA) is 55.6 Å². The first-order valence-corrected chi connectivity index (χ1v) is 6.08. The van der Waals surface area contributed by atoms with Crippen LogP contribution in [-0.2, 0) is 4.74 Å². The Kier molecular flexibility index (Phi) is 4.96. The molecule has 0 fully saturated rings. The molecule has 1 atom stereocenters. The van der Waals surface area contributed by atoms with Gasteiger partial charge in [0.25, 0.3) is 5.91 Å². The molecule has 0 aliphatic rings. The fourth-order valence-electron chi connectivity index (χ4n) is 1.46. The van der Waals surface area contributed by atoms with Gasteiger partial charge in [0.1, 0.15) is 0 Å². The highest BCUT2D eigenvalue weighted by atomic mass is 79.9. The average Bonchev–Trinajstić information content (AvgIpc) is 2.31. The Hall–Kier alpha value is -1.07. The zero-order valence-electron chi connectivity index (χ0n) is 10.2. The van der Waals surface area contributed by atoms with Crippen molar-refractivity contribution in [3.8, 4) is 0 Å². The van der Waals surface area contributed by atoms with Gasteiger partial charge in [0.2, 0.25) is 0 Å². The number of likely N-dealkylation sites (N-methyl/N-ethyl adjacent to an activating group) is 1. The van der Waals surface area contributed by atoms with Gasteiger partial charge in [0.05, 0.1) is 22.7 Å². The fourth-order valence-corrected chi connectivity index (χ4v) is 1.89. The van der Waals surface area contributed by atoms with E-state index >= 15 is 0 Å². The van der Waals surface area contributed by atoms with Crippen molar-refractivity contribution in [2.45, 2.75) is 13.0 Å². The van der Waals surface area contributed by atoms with Crippen molar-refractivity contribution < 1.29 is 9.53 Å². The standard InChI is InChI=1S/C12H17BrN2O2/c1-8(7-17-3)15(2)12(16)9-5-4-6-10(14)11(9)13/h4-6,8H,7,14H2,1-3H3. The Morgan fingerprint density at radius 1 is 1.59 bits per heavy atom. The van der Waals surface area contributed by atoms with Crippen LogP contribution in [0.1, 0.15) is 17.3 Å². The summed E-state index contributed by atoms with van der Waals surface area (Å²) in [6.45, 7) is 2.43. The number of amides is 1. The van der Waals surface area contributed by atoms with E-state index in [0.29, 0.717) is 22.3 Å². The molecule has 0 aliphatic carbocycles. The Balaban J connectivity index is 2.93. The minimum absolute atomic E-state index is 0.0147. The molecule has 0 saturated carbocycles. The summed E-state index contributed by atoms with van der Waals surface area (Å²) in [4.78, 5) is 13.9. The lowest BCUT2D eigenvalue weighted by molar-refractivity contribution is 0.0633. The fraction of sp³-hybridized carbons (Fsp3) is 0.417. The van der Waals surface area contributed by atoms with Crippen molar-refractivity contribution >= 4 is 27.5 Å². The number of halogens is 1. The quantitative estimate of drug-likeness (QED) is 0.867. The molecule has 1 aromatic rings. The number of carbonyl (C=O) groups excluding carboxylic acids is 1. The summed E-state index contributed by atoms with van der Waals surface area (Å²) in [5, 5.41) is 0. The first-order chi connectivity index (χ1) is 7.99. The number of hydrogen-bond donors (Lipinski definition) is 1. The van der Waals surface area contributed by atoms with Crippen molar-refractivity contribution in [2.75, 3.05) is 26.5 Å². The van der Waals surface area contributed by atoms with E-state index in [1.165, 1.54) is 0 Å². The Bertz CT molecular complexity index is 409. The number of carbonyl (C=O) groups is 1. The SMILES string of the molecule is COCC(C)N(C)C(=O)c1cccc(N)c1Br. The molecule has 1 aromatic carbocycles. The van der Waals surface area contributed by atoms with E-state index in [2.05, 4.69) is 15.9 Å². The van der Waals surface area contributed by atoms with E-state index < -0.39 is 0 Å². The van der Waals surface area contributed by atoms with E-state index in [1.54, 1.807) is 37.3 Å². The van der Waals surface area contributed by atoms with Gasteiger partial charge in [-0.05, 0) is 35.0 Å². The lowest BCUT2D eigenvalue weighted by Crippen LogP contribution is -2.38. The summed E-state index contributed by atoms with van der Waals surface area (Å²) in [6, 6.07) is 5.28. The first-order valence-electron chi connectivity index (χ1n) is 5.29. The van der Waals surface area contributed by atoms with E-state index in [-0.39, 0.29) is 11.9 Å². The molecule has 1 amide bonds. The van der Waals surface area contributed by atoms with Crippen molar-refractivity contribution in [3.63, 3.8) is 0 Å². The van der Waals surface area contributed by atoms with Crippen molar-refractivity contribution in [1.82, 2.24) is 4.90 Å². The third kappa shape index (κ3) is 3.20. The van der Waals surface area contributed by atoms with Crippen LogP contribution in [0.5, 0.6) is 0 Å². The lowest BCUT2D eigenvalue weighted by Gasteiger charge is -2.25. The normalized spacial score (nSPS) is 12.2. The predicted octanol–water partition coefficient (Wildman–Crippen LogP) is 2.14. The number of nitrogens with zero attached hydrogens (tertiary/aromatic N) is 1. The van der Waals surface area contributed by atoms with E-state index in [1.807, 2.05) is 6.92 Å². The van der Waals surface area contributed by atoms with Crippen LogP contribution >= 0.6 is 15.9 Å². The minimum atomic E-state index is -0.0753. The van der Waals surface area contributed by atoms with Gasteiger partial charge in [0, 0.05) is 19.8 Å². The molecule has 0 spiro atoms. The first kappa shape index (κ1) is 14.0. The predicted molar refractivity (Wildman–Crippen MR) is 72.0 cm³/mol. The maximum atomic E-state index is 12.2. The number of hydrogen-bond acceptors (Lipinski definition) is 3. The van der Waals surface area contributed by atoms with Crippen LogP contribution in [0.4, 0.5) is 5.69 Å². The second-order valence-corrected chi connectivity index (χ2v) is 4.72. The van der Waals surface area contributed by atoms with E-state index in [9.17, 15) is 4.79 Å². The van der Waals surface area contributed by atoms with Crippen LogP contribution < -0.4 is 5.73 Å². The summed E-state index contributed by atoms with van der Waals surface area (Å²) in [6.07, 6.45) is 0. The molecular weight excluding hydrogens is 284 g/mol. The van der Waals surface area contributed by atoms with Crippen LogP contribution in [-0.4, -0.2) is 37.6 Å². The molecule has 0 aliphatic heterocycles. The molecule has 0 saturated heterocycles. The molecule has 0 aromatic heterocycles. The van der Waals surface area contributed by atoms with Crippen LogP contribution in [0, 0.1) is 0 Å². The summed E-state index contributed by atoms with van der Waals surface area (Å²) < 4.78 is 5.67. The number of nitrogens with two attached hydrogens (primary N) is 1. The summed E-state index contributed by atoms with van der Waals surface area (Å²) >= 11 is 3.33. The molecule has 0 radical (unpaired) electrons. The second-order valence-electron chi connectivity index (χ2n) is 3.93. The van der Waals surface area contributed by atoms with Gasteiger partial charge < -0.3 is 15.4 Å². The van der Waals surface area contributed by atoms with Crippen molar-refractivity contribution in [1.29, 1.82) is 0 Å². The highest BCUT2D eigenvalue weighted by Gasteiger charge is 2.20. The zero-order chi connectivity index (χ0) is 13.0. The van der Waals surface area contributed by atoms with Crippen LogP contribution in [0.15, 0.2) is 22.7 Å². The maximum Gasteiger partial charge on any atom is 0.255 e. The number of ether oxygens (including phenoxy) is 1. The highest BCUT2D eigenvalue weighted by Crippen LogP contribution is 2.25. The van der Waals surface area contributed by atoms with Crippen molar-refractivity contribution in [2.24, 2.45) is 0 Å². The smallest absolute Gasteiger partial charge is 0.255 e. The van der Waals surface area contributed by atoms with Gasteiger partial charge in [-0.3, -0.25) is 4.79 Å². The van der Waals surface area contributed by atoms with Gasteiger partial charge >= 0.3 is 0 Å². The van der Waals surface area contributed by atoms with Gasteiger partial charge in [0.15, 0.2) is 0 Å².